The topological polar surface area (TPSA) is 78.7 Å². The van der Waals surface area contributed by atoms with Gasteiger partial charge in [0.1, 0.15) is 12.6 Å². The largest absolute Gasteiger partial charge is 0.465 e. The number of unbranched alkanes of at least 4 members (excludes halogenated alkanes) is 2. The Morgan fingerprint density at radius 1 is 1.00 bits per heavy atom. The molecule has 0 unspecified atom stereocenters. The predicted molar refractivity (Wildman–Crippen MR) is 92.7 cm³/mol. The molecule has 0 atom stereocenters. The molecule has 0 bridgehead atoms. The van der Waals surface area contributed by atoms with Crippen LogP contribution in [-0.4, -0.2) is 45.5 Å². The summed E-state index contributed by atoms with van der Waals surface area (Å²) >= 11 is 0. The van der Waals surface area contributed by atoms with Gasteiger partial charge in [-0.05, 0) is 19.3 Å². The summed E-state index contributed by atoms with van der Waals surface area (Å²) in [6.45, 7) is 7.87. The summed E-state index contributed by atoms with van der Waals surface area (Å²) in [7, 11) is -1.37. The van der Waals surface area contributed by atoms with E-state index in [0.29, 0.717) is 19.8 Å². The van der Waals surface area contributed by atoms with E-state index in [1.807, 2.05) is 6.92 Å². The molecular formula is C15H31N2O5P. The highest BCUT2D eigenvalue weighted by atomic mass is 31.2. The van der Waals surface area contributed by atoms with Gasteiger partial charge in [0.2, 0.25) is 0 Å². The summed E-state index contributed by atoms with van der Waals surface area (Å²) in [5.74, 6) is -0.566. The Labute approximate surface area is 139 Å². The van der Waals surface area contributed by atoms with Crippen LogP contribution in [0.4, 0.5) is 0 Å². The average molecular weight is 350 g/mol. The highest BCUT2D eigenvalue weighted by Crippen LogP contribution is 2.52. The molecule has 136 valence electrons. The predicted octanol–water partition coefficient (Wildman–Crippen LogP) is 4.19. The zero-order chi connectivity index (χ0) is 17.4. The molecule has 0 saturated heterocycles. The zero-order valence-corrected chi connectivity index (χ0v) is 15.7. The minimum atomic E-state index is -2.65. The van der Waals surface area contributed by atoms with Gasteiger partial charge in [-0.1, -0.05) is 33.6 Å². The molecule has 0 fully saturated rings. The van der Waals surface area contributed by atoms with Crippen molar-refractivity contribution < 1.29 is 23.3 Å². The van der Waals surface area contributed by atoms with Gasteiger partial charge < -0.3 is 18.5 Å². The van der Waals surface area contributed by atoms with E-state index in [1.165, 1.54) is 7.11 Å². The fourth-order valence-corrected chi connectivity index (χ4v) is 3.20. The lowest BCUT2D eigenvalue weighted by atomic mass is 10.4. The van der Waals surface area contributed by atoms with Crippen LogP contribution in [0.3, 0.4) is 0 Å². The quantitative estimate of drug-likeness (QED) is 0.154. The molecule has 8 heteroatoms. The summed E-state index contributed by atoms with van der Waals surface area (Å²) in [6.07, 6.45) is 5.99. The van der Waals surface area contributed by atoms with E-state index < -0.39 is 13.5 Å². The Kier molecular flexibility index (Phi) is 14.3. The molecule has 0 spiro atoms. The van der Waals surface area contributed by atoms with Crippen LogP contribution in [0, 0.1) is 0 Å². The average Bonchev–Trinajstić information content (AvgIpc) is 2.55. The highest BCUT2D eigenvalue weighted by Gasteiger charge is 2.23. The van der Waals surface area contributed by atoms with Crippen molar-refractivity contribution in [3.8, 4) is 0 Å². The Morgan fingerprint density at radius 2 is 1.61 bits per heavy atom. The molecule has 0 rings (SSSR count). The van der Waals surface area contributed by atoms with Gasteiger partial charge in [-0.2, -0.15) is 0 Å². The van der Waals surface area contributed by atoms with Gasteiger partial charge in [0.25, 0.3) is 7.51 Å². The Morgan fingerprint density at radius 3 is 2.09 bits per heavy atom. The van der Waals surface area contributed by atoms with E-state index in [1.54, 1.807) is 0 Å². The first kappa shape index (κ1) is 22.2. The van der Waals surface area contributed by atoms with E-state index in [4.69, 9.17) is 13.8 Å². The molecule has 0 radical (unpaired) electrons. The molecular weight excluding hydrogens is 319 g/mol. The first-order chi connectivity index (χ1) is 11.1. The molecule has 0 aromatic carbocycles. The fraction of sp³-hybridized carbons (Fsp3) is 0.867. The lowest BCUT2D eigenvalue weighted by Gasteiger charge is -2.23. The molecule has 0 aliphatic heterocycles. The number of carbonyl (C=O) groups excluding carboxylic acids is 1. The molecule has 0 saturated carbocycles. The van der Waals surface area contributed by atoms with Crippen LogP contribution < -0.4 is 0 Å². The van der Waals surface area contributed by atoms with Crippen LogP contribution in [0.2, 0.25) is 0 Å². The van der Waals surface area contributed by atoms with Crippen LogP contribution in [0.5, 0.6) is 0 Å². The molecule has 0 aliphatic carbocycles. The third-order valence-corrected chi connectivity index (χ3v) is 4.79. The highest BCUT2D eigenvalue weighted by molar-refractivity contribution is 7.56. The number of carbonyl (C=O) groups is 1. The second kappa shape index (κ2) is 14.8. The monoisotopic (exact) mass is 350 g/mol. The van der Waals surface area contributed by atoms with E-state index >= 15 is 0 Å². The van der Waals surface area contributed by atoms with Crippen molar-refractivity contribution in [3.05, 3.63) is 0 Å². The number of hydrogen-bond donors (Lipinski definition) is 0. The Bertz CT molecular complexity index is 355. The number of methoxy groups -OCH3 is 1. The molecule has 0 heterocycles. The standard InChI is InChI=1S/C15H31N2O5P/c1-5-8-11-21-23(14-20-10-7-3,22-12-9-6-2)17-16-13-15(18)19-4/h13H,5-12,14H2,1-4H3/b16-13+. The van der Waals surface area contributed by atoms with Gasteiger partial charge >= 0.3 is 5.97 Å². The van der Waals surface area contributed by atoms with E-state index in [2.05, 4.69) is 28.5 Å². The molecule has 7 nitrogen and oxygen atoms in total. The van der Waals surface area contributed by atoms with E-state index in [0.717, 1.165) is 38.3 Å². The molecule has 23 heavy (non-hydrogen) atoms. The van der Waals surface area contributed by atoms with Crippen molar-refractivity contribution in [2.45, 2.75) is 52.9 Å². The lowest BCUT2D eigenvalue weighted by molar-refractivity contribution is -0.132. The summed E-state index contributed by atoms with van der Waals surface area (Å²) in [6, 6.07) is 0. The maximum atomic E-state index is 11.1. The molecule has 0 N–H and O–H groups in total. The van der Waals surface area contributed by atoms with Crippen LogP contribution in [-0.2, 0) is 23.3 Å². The molecule has 0 aliphatic rings. The third kappa shape index (κ3) is 11.4. The van der Waals surface area contributed by atoms with Crippen LogP contribution in [0.1, 0.15) is 52.9 Å². The zero-order valence-electron chi connectivity index (χ0n) is 14.8. The van der Waals surface area contributed by atoms with Crippen molar-refractivity contribution in [1.82, 2.24) is 0 Å². The van der Waals surface area contributed by atoms with Crippen LogP contribution >= 0.6 is 7.51 Å². The van der Waals surface area contributed by atoms with Crippen molar-refractivity contribution >= 4 is 19.7 Å². The van der Waals surface area contributed by atoms with Crippen LogP contribution in [0.15, 0.2) is 9.96 Å². The number of hydrogen-bond acceptors (Lipinski definition) is 6. The smallest absolute Gasteiger partial charge is 0.351 e. The Hall–Kier alpha value is -0.750. The maximum Gasteiger partial charge on any atom is 0.351 e. The number of ether oxygens (including phenoxy) is 2. The first-order valence-electron chi connectivity index (χ1n) is 8.22. The number of rotatable bonds is 14. The number of nitrogens with zero attached hydrogens (tertiary/aromatic N) is 2. The second-order valence-corrected chi connectivity index (χ2v) is 7.13. The van der Waals surface area contributed by atoms with Gasteiger partial charge in [0.15, 0.2) is 0 Å². The summed E-state index contributed by atoms with van der Waals surface area (Å²) in [4.78, 5) is 15.3. The lowest BCUT2D eigenvalue weighted by Crippen LogP contribution is -2.07. The molecule has 0 amide bonds. The second-order valence-electron chi connectivity index (χ2n) is 4.91. The fourth-order valence-electron chi connectivity index (χ4n) is 1.42. The molecule has 0 aromatic rings. The van der Waals surface area contributed by atoms with E-state index in [-0.39, 0.29) is 6.35 Å². The summed E-state index contributed by atoms with van der Waals surface area (Å²) in [5, 5.41) is 3.80. The van der Waals surface area contributed by atoms with Crippen molar-refractivity contribution in [2.24, 2.45) is 9.96 Å². The Balaban J connectivity index is 5.10. The normalized spacial score (nSPS) is 11.8. The van der Waals surface area contributed by atoms with Crippen LogP contribution in [0.25, 0.3) is 0 Å². The first-order valence-corrected chi connectivity index (χ1v) is 9.98. The van der Waals surface area contributed by atoms with Gasteiger partial charge in [0, 0.05) is 6.61 Å². The number of esters is 1. The summed E-state index contributed by atoms with van der Waals surface area (Å²) < 4.78 is 21.9. The van der Waals surface area contributed by atoms with Crippen molar-refractivity contribution in [2.75, 3.05) is 33.3 Å². The minimum Gasteiger partial charge on any atom is -0.465 e. The minimum absolute atomic E-state index is 0.243. The van der Waals surface area contributed by atoms with Gasteiger partial charge in [-0.25, -0.2) is 4.79 Å². The van der Waals surface area contributed by atoms with Crippen molar-refractivity contribution in [3.63, 3.8) is 0 Å². The van der Waals surface area contributed by atoms with E-state index in [9.17, 15) is 4.79 Å². The van der Waals surface area contributed by atoms with Gasteiger partial charge in [-0.3, -0.25) is 0 Å². The van der Waals surface area contributed by atoms with Gasteiger partial charge in [-0.15, -0.1) is 9.96 Å². The maximum absolute atomic E-state index is 11.1. The van der Waals surface area contributed by atoms with Crippen molar-refractivity contribution in [1.29, 1.82) is 0 Å². The van der Waals surface area contributed by atoms with Gasteiger partial charge in [0.05, 0.1) is 20.3 Å². The SMILES string of the molecule is CCCCOP(COCCC)(=N/N=C/C(=O)OC)OCCCC. The summed E-state index contributed by atoms with van der Waals surface area (Å²) in [5.41, 5.74) is 0. The third-order valence-electron chi connectivity index (χ3n) is 2.74. The molecule has 0 aromatic heterocycles.